The molecule has 2 aliphatic heterocycles. The Morgan fingerprint density at radius 3 is 2.80 bits per heavy atom. The molecular weight excluding hydrogens is 268 g/mol. The molecule has 4 heteroatoms. The van der Waals surface area contributed by atoms with Gasteiger partial charge in [-0.25, -0.2) is 0 Å². The average molecular weight is 292 g/mol. The number of piperidine rings is 1. The van der Waals surface area contributed by atoms with E-state index in [-0.39, 0.29) is 11.9 Å². The number of nitrogens with one attached hydrogen (secondary N) is 2. The minimum atomic E-state index is 0.195. The summed E-state index contributed by atoms with van der Waals surface area (Å²) in [6, 6.07) is 5.71. The molecule has 3 heterocycles. The highest BCUT2D eigenvalue weighted by atomic mass is 32.1. The van der Waals surface area contributed by atoms with Gasteiger partial charge in [-0.2, -0.15) is 0 Å². The van der Waals surface area contributed by atoms with E-state index in [1.165, 1.54) is 30.6 Å². The Morgan fingerprint density at radius 2 is 2.20 bits per heavy atom. The number of hydrogen-bond donors (Lipinski definition) is 2. The molecule has 3 nitrogen and oxygen atoms in total. The quantitative estimate of drug-likeness (QED) is 0.875. The topological polar surface area (TPSA) is 41.1 Å². The van der Waals surface area contributed by atoms with Crippen molar-refractivity contribution in [1.82, 2.24) is 10.6 Å². The van der Waals surface area contributed by atoms with Gasteiger partial charge in [-0.05, 0) is 49.5 Å². The lowest BCUT2D eigenvalue weighted by molar-refractivity contribution is -0.123. The van der Waals surface area contributed by atoms with Crippen LogP contribution in [0.1, 0.15) is 56.4 Å². The van der Waals surface area contributed by atoms with Crippen molar-refractivity contribution >= 4 is 17.2 Å². The molecule has 0 aromatic carbocycles. The predicted molar refractivity (Wildman–Crippen MR) is 82.8 cm³/mol. The largest absolute Gasteiger partial charge is 0.348 e. The summed E-state index contributed by atoms with van der Waals surface area (Å²) in [5.74, 6) is 0.811. The van der Waals surface area contributed by atoms with E-state index in [4.69, 9.17) is 0 Å². The van der Waals surface area contributed by atoms with Gasteiger partial charge in [0.1, 0.15) is 0 Å². The minimum Gasteiger partial charge on any atom is -0.348 e. The number of thiophene rings is 1. The molecule has 0 aliphatic carbocycles. The number of rotatable bonds is 5. The summed E-state index contributed by atoms with van der Waals surface area (Å²) in [5.41, 5.74) is 0. The Morgan fingerprint density at radius 1 is 1.45 bits per heavy atom. The molecule has 2 N–H and O–H groups in total. The summed E-state index contributed by atoms with van der Waals surface area (Å²) < 4.78 is 0. The summed E-state index contributed by atoms with van der Waals surface area (Å²) in [7, 11) is 0. The highest BCUT2D eigenvalue weighted by molar-refractivity contribution is 7.10. The van der Waals surface area contributed by atoms with Crippen molar-refractivity contribution in [3.63, 3.8) is 0 Å². The van der Waals surface area contributed by atoms with E-state index >= 15 is 0 Å². The maximum atomic E-state index is 12.3. The third-order valence-corrected chi connectivity index (χ3v) is 5.66. The van der Waals surface area contributed by atoms with E-state index in [2.05, 4.69) is 35.1 Å². The monoisotopic (exact) mass is 292 g/mol. The van der Waals surface area contributed by atoms with Gasteiger partial charge in [0.15, 0.2) is 0 Å². The zero-order valence-electron chi connectivity index (χ0n) is 12.1. The molecule has 3 atom stereocenters. The van der Waals surface area contributed by atoms with E-state index in [1.54, 1.807) is 11.3 Å². The number of amides is 1. The zero-order chi connectivity index (χ0) is 13.9. The molecule has 0 saturated carbocycles. The maximum Gasteiger partial charge on any atom is 0.220 e. The highest BCUT2D eigenvalue weighted by Gasteiger charge is 2.34. The van der Waals surface area contributed by atoms with Crippen LogP contribution in [0.25, 0.3) is 0 Å². The van der Waals surface area contributed by atoms with Crippen LogP contribution in [0.15, 0.2) is 17.5 Å². The lowest BCUT2D eigenvalue weighted by Gasteiger charge is -2.29. The van der Waals surface area contributed by atoms with Crippen molar-refractivity contribution in [2.75, 3.05) is 0 Å². The molecule has 1 aromatic rings. The van der Waals surface area contributed by atoms with Crippen molar-refractivity contribution in [3.8, 4) is 0 Å². The van der Waals surface area contributed by atoms with Gasteiger partial charge in [-0.15, -0.1) is 11.3 Å². The summed E-state index contributed by atoms with van der Waals surface area (Å²) in [4.78, 5) is 13.6. The fourth-order valence-electron chi connectivity index (χ4n) is 3.72. The van der Waals surface area contributed by atoms with E-state index < -0.39 is 0 Å². The maximum absolute atomic E-state index is 12.3. The van der Waals surface area contributed by atoms with Crippen molar-refractivity contribution in [2.45, 2.75) is 63.6 Å². The fraction of sp³-hybridized carbons (Fsp3) is 0.688. The highest BCUT2D eigenvalue weighted by Crippen LogP contribution is 2.33. The SMILES string of the molecule is CCC(NC(=O)CC1CC2CCC(C1)N2)c1cccs1. The van der Waals surface area contributed by atoms with Crippen LogP contribution in [-0.4, -0.2) is 18.0 Å². The molecule has 2 bridgehead atoms. The molecule has 2 saturated heterocycles. The first-order valence-electron chi connectivity index (χ1n) is 7.83. The predicted octanol–water partition coefficient (Wildman–Crippen LogP) is 3.24. The molecule has 0 radical (unpaired) electrons. The van der Waals surface area contributed by atoms with Gasteiger partial charge >= 0.3 is 0 Å². The summed E-state index contributed by atoms with van der Waals surface area (Å²) >= 11 is 1.73. The molecule has 2 fully saturated rings. The Kier molecular flexibility index (Phi) is 4.41. The average Bonchev–Trinajstić information content (AvgIpc) is 3.06. The number of hydrogen-bond acceptors (Lipinski definition) is 3. The molecule has 0 spiro atoms. The van der Waals surface area contributed by atoms with Crippen LogP contribution in [0.4, 0.5) is 0 Å². The van der Waals surface area contributed by atoms with E-state index in [0.717, 1.165) is 6.42 Å². The molecular formula is C16H24N2OS. The van der Waals surface area contributed by atoms with Crippen molar-refractivity contribution in [2.24, 2.45) is 5.92 Å². The molecule has 1 amide bonds. The minimum absolute atomic E-state index is 0.195. The third kappa shape index (κ3) is 3.23. The fourth-order valence-corrected chi connectivity index (χ4v) is 4.58. The van der Waals surface area contributed by atoms with Gasteiger partial charge in [0, 0.05) is 23.4 Å². The van der Waals surface area contributed by atoms with Crippen LogP contribution in [-0.2, 0) is 4.79 Å². The van der Waals surface area contributed by atoms with Crippen molar-refractivity contribution < 1.29 is 4.79 Å². The first kappa shape index (κ1) is 14.1. The lowest BCUT2D eigenvalue weighted by Crippen LogP contribution is -2.40. The van der Waals surface area contributed by atoms with E-state index in [1.807, 2.05) is 0 Å². The summed E-state index contributed by atoms with van der Waals surface area (Å²) in [6.45, 7) is 2.13. The molecule has 3 rings (SSSR count). The van der Waals surface area contributed by atoms with E-state index in [9.17, 15) is 4.79 Å². The molecule has 3 unspecified atom stereocenters. The van der Waals surface area contributed by atoms with Crippen molar-refractivity contribution in [3.05, 3.63) is 22.4 Å². The van der Waals surface area contributed by atoms with Gasteiger partial charge in [0.05, 0.1) is 6.04 Å². The standard InChI is InChI=1S/C16H24N2OS/c1-2-14(15-4-3-7-20-15)18-16(19)10-11-8-12-5-6-13(9-11)17-12/h3-4,7,11-14,17H,2,5-6,8-10H2,1H3,(H,18,19). The first-order valence-corrected chi connectivity index (χ1v) is 8.71. The van der Waals surface area contributed by atoms with Gasteiger partial charge in [-0.3, -0.25) is 4.79 Å². The smallest absolute Gasteiger partial charge is 0.220 e. The van der Waals surface area contributed by atoms with Crippen LogP contribution in [0.2, 0.25) is 0 Å². The Balaban J connectivity index is 1.51. The van der Waals surface area contributed by atoms with Crippen molar-refractivity contribution in [1.29, 1.82) is 0 Å². The number of fused-ring (bicyclic) bond motifs is 2. The second-order valence-corrected chi connectivity index (χ2v) is 7.20. The van der Waals surface area contributed by atoms with Crippen LogP contribution in [0.3, 0.4) is 0 Å². The Hall–Kier alpha value is -0.870. The Bertz CT molecular complexity index is 433. The third-order valence-electron chi connectivity index (χ3n) is 4.67. The van der Waals surface area contributed by atoms with Crippen LogP contribution < -0.4 is 10.6 Å². The van der Waals surface area contributed by atoms with Crippen LogP contribution in [0, 0.1) is 5.92 Å². The molecule has 110 valence electrons. The molecule has 2 aliphatic rings. The second kappa shape index (κ2) is 6.27. The number of carbonyl (C=O) groups excluding carboxylic acids is 1. The van der Waals surface area contributed by atoms with Gasteiger partial charge in [0.2, 0.25) is 5.91 Å². The zero-order valence-corrected chi connectivity index (χ0v) is 12.9. The lowest BCUT2D eigenvalue weighted by atomic mass is 9.89. The van der Waals surface area contributed by atoms with Gasteiger partial charge < -0.3 is 10.6 Å². The second-order valence-electron chi connectivity index (χ2n) is 6.22. The number of carbonyl (C=O) groups is 1. The van der Waals surface area contributed by atoms with E-state index in [0.29, 0.717) is 24.4 Å². The molecule has 20 heavy (non-hydrogen) atoms. The van der Waals surface area contributed by atoms with Crippen LogP contribution in [0.5, 0.6) is 0 Å². The molecule has 1 aromatic heterocycles. The van der Waals surface area contributed by atoms with Gasteiger partial charge in [0.25, 0.3) is 0 Å². The normalized spacial score (nSPS) is 30.1. The Labute approximate surface area is 125 Å². The summed E-state index contributed by atoms with van der Waals surface area (Å²) in [6.07, 6.45) is 6.63. The summed E-state index contributed by atoms with van der Waals surface area (Å²) in [5, 5.41) is 8.93. The van der Waals surface area contributed by atoms with Gasteiger partial charge in [-0.1, -0.05) is 13.0 Å². The first-order chi connectivity index (χ1) is 9.74. The van der Waals surface area contributed by atoms with Crippen LogP contribution >= 0.6 is 11.3 Å².